The predicted octanol–water partition coefficient (Wildman–Crippen LogP) is 7.00. The molecule has 0 N–H and O–H groups in total. The highest BCUT2D eigenvalue weighted by molar-refractivity contribution is 6.30. The summed E-state index contributed by atoms with van der Waals surface area (Å²) in [7, 11) is 0. The second kappa shape index (κ2) is 8.07. The van der Waals surface area contributed by atoms with E-state index in [0.717, 1.165) is 36.4 Å². The van der Waals surface area contributed by atoms with Crippen molar-refractivity contribution in [2.24, 2.45) is 0 Å². The lowest BCUT2D eigenvalue weighted by atomic mass is 9.73. The lowest BCUT2D eigenvalue weighted by Gasteiger charge is -2.53. The molecule has 4 heteroatoms. The van der Waals surface area contributed by atoms with Gasteiger partial charge in [0.2, 0.25) is 0 Å². The van der Waals surface area contributed by atoms with Gasteiger partial charge in [0, 0.05) is 46.6 Å². The number of ketones is 1. The first-order chi connectivity index (χ1) is 16.1. The van der Waals surface area contributed by atoms with Crippen molar-refractivity contribution in [3.8, 4) is 0 Å². The summed E-state index contributed by atoms with van der Waals surface area (Å²) >= 11 is 6.48. The number of benzene rings is 3. The Labute approximate surface area is 200 Å². The third-order valence-corrected chi connectivity index (χ3v) is 7.59. The summed E-state index contributed by atoms with van der Waals surface area (Å²) in [6.07, 6.45) is 3.54. The molecular formula is C29H27ClN2O. The van der Waals surface area contributed by atoms with Crippen molar-refractivity contribution in [1.29, 1.82) is 0 Å². The van der Waals surface area contributed by atoms with Gasteiger partial charge in [0.1, 0.15) is 6.17 Å². The van der Waals surface area contributed by atoms with E-state index in [9.17, 15) is 4.79 Å². The molecule has 3 aromatic carbocycles. The molecular weight excluding hydrogens is 428 g/mol. The minimum atomic E-state index is 0.111. The van der Waals surface area contributed by atoms with Gasteiger partial charge in [0.05, 0.1) is 0 Å². The molecule has 0 spiro atoms. The highest BCUT2D eigenvalue weighted by Gasteiger charge is 2.46. The molecule has 0 radical (unpaired) electrons. The summed E-state index contributed by atoms with van der Waals surface area (Å²) in [6.45, 7) is 2.93. The Morgan fingerprint density at radius 3 is 2.55 bits per heavy atom. The van der Waals surface area contributed by atoms with Crippen molar-refractivity contribution in [3.63, 3.8) is 0 Å². The van der Waals surface area contributed by atoms with Gasteiger partial charge >= 0.3 is 0 Å². The fourth-order valence-electron chi connectivity index (χ4n) is 5.89. The average molecular weight is 455 g/mol. The minimum Gasteiger partial charge on any atom is -0.346 e. The van der Waals surface area contributed by atoms with Gasteiger partial charge in [-0.05, 0) is 67.6 Å². The van der Waals surface area contributed by atoms with Gasteiger partial charge in [-0.25, -0.2) is 0 Å². The van der Waals surface area contributed by atoms with E-state index in [4.69, 9.17) is 11.6 Å². The number of carbonyl (C=O) groups excluding carboxylic acids is 1. The Balaban J connectivity index is 1.56. The van der Waals surface area contributed by atoms with Crippen LogP contribution in [0.25, 0.3) is 0 Å². The summed E-state index contributed by atoms with van der Waals surface area (Å²) in [6, 6.07) is 25.6. The molecule has 0 saturated heterocycles. The third-order valence-electron chi connectivity index (χ3n) is 7.35. The summed E-state index contributed by atoms with van der Waals surface area (Å²) in [5, 5.41) is 0.734. The Morgan fingerprint density at radius 2 is 1.76 bits per heavy atom. The zero-order chi connectivity index (χ0) is 22.5. The van der Waals surface area contributed by atoms with Crippen LogP contribution in [0.1, 0.15) is 48.3 Å². The molecule has 166 valence electrons. The van der Waals surface area contributed by atoms with Crippen LogP contribution in [-0.4, -0.2) is 11.9 Å². The molecule has 2 heterocycles. The Morgan fingerprint density at radius 1 is 0.970 bits per heavy atom. The molecule has 2 aliphatic heterocycles. The molecule has 3 aromatic rings. The summed E-state index contributed by atoms with van der Waals surface area (Å²) in [5.74, 6) is 0.416. The average Bonchev–Trinajstić information content (AvgIpc) is 2.83. The molecule has 2 atom stereocenters. The van der Waals surface area contributed by atoms with E-state index in [1.54, 1.807) is 0 Å². The van der Waals surface area contributed by atoms with Crippen LogP contribution in [0.3, 0.4) is 0 Å². The van der Waals surface area contributed by atoms with Crippen molar-refractivity contribution >= 4 is 28.8 Å². The first kappa shape index (κ1) is 20.6. The van der Waals surface area contributed by atoms with E-state index in [0.29, 0.717) is 12.2 Å². The first-order valence-corrected chi connectivity index (χ1v) is 12.2. The van der Waals surface area contributed by atoms with E-state index in [1.165, 1.54) is 33.8 Å². The number of nitrogens with zero attached hydrogens (tertiary/aromatic N) is 2. The van der Waals surface area contributed by atoms with Crippen molar-refractivity contribution in [2.75, 3.05) is 9.80 Å². The van der Waals surface area contributed by atoms with Gasteiger partial charge in [-0.3, -0.25) is 4.79 Å². The number of allylic oxidation sites excluding steroid dienone is 2. The minimum absolute atomic E-state index is 0.111. The van der Waals surface area contributed by atoms with Crippen molar-refractivity contribution in [2.45, 2.75) is 51.2 Å². The van der Waals surface area contributed by atoms with Crippen LogP contribution >= 0.6 is 11.6 Å². The normalized spacial score (nSPS) is 21.7. The number of Topliss-reactive ketones (excluding diaryl/α,β-unsaturated/α-hetero) is 1. The number of halogens is 1. The Hall–Kier alpha value is -3.04. The van der Waals surface area contributed by atoms with E-state index < -0.39 is 0 Å². The van der Waals surface area contributed by atoms with Crippen LogP contribution in [-0.2, 0) is 11.3 Å². The zero-order valence-electron chi connectivity index (χ0n) is 18.8. The fourth-order valence-corrected chi connectivity index (χ4v) is 6.07. The molecule has 3 nitrogen and oxygen atoms in total. The number of rotatable bonds is 3. The van der Waals surface area contributed by atoms with E-state index in [1.807, 2.05) is 6.07 Å². The largest absolute Gasteiger partial charge is 0.346 e. The quantitative estimate of drug-likeness (QED) is 0.425. The lowest BCUT2D eigenvalue weighted by molar-refractivity contribution is -0.116. The number of anilines is 2. The molecule has 0 amide bonds. The topological polar surface area (TPSA) is 23.6 Å². The maximum atomic E-state index is 13.3. The lowest BCUT2D eigenvalue weighted by Crippen LogP contribution is -2.55. The molecule has 0 fully saturated rings. The van der Waals surface area contributed by atoms with Crippen LogP contribution < -0.4 is 9.80 Å². The van der Waals surface area contributed by atoms with E-state index in [-0.39, 0.29) is 12.1 Å². The van der Waals surface area contributed by atoms with Crippen LogP contribution in [0.2, 0.25) is 5.02 Å². The highest BCUT2D eigenvalue weighted by Crippen LogP contribution is 2.52. The molecule has 3 aliphatic rings. The Bertz CT molecular complexity index is 1250. The van der Waals surface area contributed by atoms with Gasteiger partial charge in [-0.1, -0.05) is 59.6 Å². The number of aryl methyl sites for hydroxylation is 1. The molecule has 33 heavy (non-hydrogen) atoms. The Kier molecular flexibility index (Phi) is 5.03. The van der Waals surface area contributed by atoms with Crippen molar-refractivity contribution in [1.82, 2.24) is 0 Å². The second-order valence-corrected chi connectivity index (χ2v) is 9.86. The maximum Gasteiger partial charge on any atom is 0.161 e. The standard InChI is InChI=1S/C29H27ClN2O/c1-19-10-13-22(14-11-19)32-26-8-5-9-27(33)29(26)24-17-28(32)31(18-20-6-3-2-4-7-20)25-15-12-21(30)16-23(24)25/h2-4,6-7,10-16,24,28H,5,8-9,17-18H2,1H3/t24-,28+/m0/s1. The predicted molar refractivity (Wildman–Crippen MR) is 135 cm³/mol. The van der Waals surface area contributed by atoms with Gasteiger partial charge in [0.15, 0.2) is 5.78 Å². The van der Waals surface area contributed by atoms with Gasteiger partial charge in [0.25, 0.3) is 0 Å². The summed E-state index contributed by atoms with van der Waals surface area (Å²) in [4.78, 5) is 18.3. The van der Waals surface area contributed by atoms with Crippen LogP contribution in [0.4, 0.5) is 11.4 Å². The molecule has 0 saturated carbocycles. The number of carbonyl (C=O) groups is 1. The van der Waals surface area contributed by atoms with Crippen molar-refractivity contribution in [3.05, 3.63) is 106 Å². The molecule has 0 unspecified atom stereocenters. The molecule has 2 bridgehead atoms. The zero-order valence-corrected chi connectivity index (χ0v) is 19.6. The van der Waals surface area contributed by atoms with Crippen LogP contribution in [0.5, 0.6) is 0 Å². The summed E-state index contributed by atoms with van der Waals surface area (Å²) < 4.78 is 0. The maximum absolute atomic E-state index is 13.3. The van der Waals surface area contributed by atoms with Crippen LogP contribution in [0.15, 0.2) is 84.1 Å². The van der Waals surface area contributed by atoms with Gasteiger partial charge in [-0.2, -0.15) is 0 Å². The highest BCUT2D eigenvalue weighted by atomic mass is 35.5. The SMILES string of the molecule is Cc1ccc(N2C3=C(C(=O)CCC3)[C@H]3C[C@@H]2N(Cc2ccccc2)c2ccc(Cl)cc23)cc1. The summed E-state index contributed by atoms with van der Waals surface area (Å²) in [5.41, 5.74) is 8.29. The number of fused-ring (bicyclic) bond motifs is 5. The van der Waals surface area contributed by atoms with E-state index in [2.05, 4.69) is 83.5 Å². The number of hydrogen-bond donors (Lipinski definition) is 0. The molecule has 1 aliphatic carbocycles. The fraction of sp³-hybridized carbons (Fsp3) is 0.276. The van der Waals surface area contributed by atoms with Crippen molar-refractivity contribution < 1.29 is 4.79 Å². The van der Waals surface area contributed by atoms with Crippen LogP contribution in [0, 0.1) is 6.92 Å². The van der Waals surface area contributed by atoms with E-state index >= 15 is 0 Å². The second-order valence-electron chi connectivity index (χ2n) is 9.43. The van der Waals surface area contributed by atoms with Gasteiger partial charge < -0.3 is 9.80 Å². The smallest absolute Gasteiger partial charge is 0.161 e. The van der Waals surface area contributed by atoms with Gasteiger partial charge in [-0.15, -0.1) is 0 Å². The molecule has 0 aromatic heterocycles. The monoisotopic (exact) mass is 454 g/mol. The molecule has 6 rings (SSSR count). The third kappa shape index (κ3) is 3.46. The number of hydrogen-bond acceptors (Lipinski definition) is 3. The first-order valence-electron chi connectivity index (χ1n) is 11.8.